The van der Waals surface area contributed by atoms with Crippen LogP contribution in [0.4, 0.5) is 15.9 Å². The van der Waals surface area contributed by atoms with Gasteiger partial charge in [-0.15, -0.1) is 4.48 Å². The maximum absolute atomic E-state index is 11.5. The van der Waals surface area contributed by atoms with Crippen molar-refractivity contribution in [2.45, 2.75) is 0 Å². The Labute approximate surface area is 77.6 Å². The van der Waals surface area contributed by atoms with Crippen molar-refractivity contribution in [1.82, 2.24) is 5.65 Å². The molecule has 7 heteroatoms. The van der Waals surface area contributed by atoms with E-state index in [4.69, 9.17) is 11.6 Å². The standard InChI is InChI=1S/C6H5ClFN3O2/c7-5-2-1-4(9-10-8)3-6(5)11(12)13/h1-3,9-10H. The summed E-state index contributed by atoms with van der Waals surface area (Å²) in [6.07, 6.45) is 0. The topological polar surface area (TPSA) is 67.2 Å². The number of nitro groups is 1. The molecule has 1 aromatic rings. The molecule has 0 amide bonds. The molecule has 5 nitrogen and oxygen atoms in total. The highest BCUT2D eigenvalue weighted by Crippen LogP contribution is 2.26. The molecular formula is C6H5ClFN3O2. The molecule has 0 aromatic heterocycles. The number of rotatable bonds is 3. The predicted octanol–water partition coefficient (Wildman–Crippen LogP) is 2.05. The molecule has 13 heavy (non-hydrogen) atoms. The molecule has 1 rings (SSSR count). The van der Waals surface area contributed by atoms with Gasteiger partial charge in [0, 0.05) is 6.07 Å². The highest BCUT2D eigenvalue weighted by Gasteiger charge is 2.12. The normalized spacial score (nSPS) is 9.69. The van der Waals surface area contributed by atoms with Crippen molar-refractivity contribution in [1.29, 1.82) is 0 Å². The van der Waals surface area contributed by atoms with E-state index in [1.807, 2.05) is 0 Å². The summed E-state index contributed by atoms with van der Waals surface area (Å²) in [4.78, 5) is 9.71. The van der Waals surface area contributed by atoms with Gasteiger partial charge in [-0.2, -0.15) is 0 Å². The van der Waals surface area contributed by atoms with E-state index in [9.17, 15) is 14.6 Å². The number of nitro benzene ring substituents is 1. The van der Waals surface area contributed by atoms with Crippen LogP contribution in [0.1, 0.15) is 0 Å². The molecule has 70 valence electrons. The zero-order chi connectivity index (χ0) is 9.84. The minimum absolute atomic E-state index is 0.00871. The Morgan fingerprint density at radius 1 is 1.54 bits per heavy atom. The lowest BCUT2D eigenvalue weighted by Crippen LogP contribution is -2.09. The highest BCUT2D eigenvalue weighted by atomic mass is 35.5. The van der Waals surface area contributed by atoms with E-state index in [1.165, 1.54) is 12.1 Å². The van der Waals surface area contributed by atoms with Gasteiger partial charge in [-0.05, 0) is 12.1 Å². The van der Waals surface area contributed by atoms with Gasteiger partial charge < -0.3 is 0 Å². The van der Waals surface area contributed by atoms with Crippen LogP contribution in [0.3, 0.4) is 0 Å². The number of benzene rings is 1. The summed E-state index contributed by atoms with van der Waals surface area (Å²) in [5.74, 6) is 0. The molecule has 2 N–H and O–H groups in total. The molecule has 0 bridgehead atoms. The van der Waals surface area contributed by atoms with Crippen LogP contribution in [0.2, 0.25) is 5.02 Å². The fourth-order valence-corrected chi connectivity index (χ4v) is 0.971. The molecule has 0 atom stereocenters. The first-order valence-electron chi connectivity index (χ1n) is 3.20. The van der Waals surface area contributed by atoms with Gasteiger partial charge in [-0.3, -0.25) is 15.5 Å². The Bertz CT molecular complexity index is 334. The summed E-state index contributed by atoms with van der Waals surface area (Å²) < 4.78 is 11.5. The van der Waals surface area contributed by atoms with Crippen molar-refractivity contribution in [2.75, 3.05) is 5.43 Å². The molecule has 0 fully saturated rings. The average molecular weight is 206 g/mol. The van der Waals surface area contributed by atoms with E-state index in [1.54, 1.807) is 0 Å². The number of hydrogen-bond donors (Lipinski definition) is 2. The van der Waals surface area contributed by atoms with Gasteiger partial charge in [-0.1, -0.05) is 17.2 Å². The monoisotopic (exact) mass is 205 g/mol. The van der Waals surface area contributed by atoms with E-state index in [0.29, 0.717) is 0 Å². The minimum atomic E-state index is -0.647. The first kappa shape index (κ1) is 9.69. The molecule has 1 aromatic carbocycles. The second kappa shape index (κ2) is 4.01. The number of hydrogen-bond acceptors (Lipinski definition) is 4. The van der Waals surface area contributed by atoms with Crippen LogP contribution in [0.5, 0.6) is 0 Å². The summed E-state index contributed by atoms with van der Waals surface area (Å²) in [7, 11) is 0. The maximum Gasteiger partial charge on any atom is 0.289 e. The Balaban J connectivity index is 3.04. The molecule has 0 radical (unpaired) electrons. The van der Waals surface area contributed by atoms with Crippen LogP contribution < -0.4 is 11.1 Å². The molecule has 0 aliphatic heterocycles. The van der Waals surface area contributed by atoms with Crippen LogP contribution in [-0.4, -0.2) is 4.92 Å². The molecule has 0 aliphatic rings. The number of nitrogens with zero attached hydrogens (tertiary/aromatic N) is 1. The van der Waals surface area contributed by atoms with Gasteiger partial charge in [0.05, 0.1) is 10.6 Å². The lowest BCUT2D eigenvalue weighted by Gasteiger charge is -2.01. The average Bonchev–Trinajstić information content (AvgIpc) is 2.08. The summed E-state index contributed by atoms with van der Waals surface area (Å²) in [5, 5.41) is 10.4. The predicted molar refractivity (Wildman–Crippen MR) is 46.0 cm³/mol. The summed E-state index contributed by atoms with van der Waals surface area (Å²) in [6, 6.07) is 3.83. The number of nitrogens with one attached hydrogen (secondary N) is 2. The summed E-state index contributed by atoms with van der Waals surface area (Å²) in [5.41, 5.74) is 3.15. The SMILES string of the molecule is O=[N+]([O-])c1cc(NNF)ccc1Cl. The van der Waals surface area contributed by atoms with Gasteiger partial charge in [0.1, 0.15) is 5.02 Å². The van der Waals surface area contributed by atoms with Gasteiger partial charge in [0.25, 0.3) is 5.69 Å². The van der Waals surface area contributed by atoms with Crippen molar-refractivity contribution in [3.8, 4) is 0 Å². The fourth-order valence-electron chi connectivity index (χ4n) is 0.785. The van der Waals surface area contributed by atoms with Crippen LogP contribution >= 0.6 is 11.6 Å². The zero-order valence-corrected chi connectivity index (χ0v) is 7.01. The first-order valence-corrected chi connectivity index (χ1v) is 3.58. The molecule has 0 unspecified atom stereocenters. The Morgan fingerprint density at radius 3 is 2.77 bits per heavy atom. The second-order valence-electron chi connectivity index (χ2n) is 2.14. The van der Waals surface area contributed by atoms with E-state index in [-0.39, 0.29) is 16.4 Å². The van der Waals surface area contributed by atoms with Gasteiger partial charge in [0.2, 0.25) is 0 Å². The smallest absolute Gasteiger partial charge is 0.289 e. The zero-order valence-electron chi connectivity index (χ0n) is 6.25. The van der Waals surface area contributed by atoms with Crippen molar-refractivity contribution < 1.29 is 9.40 Å². The molecule has 0 saturated heterocycles. The van der Waals surface area contributed by atoms with Crippen LogP contribution in [-0.2, 0) is 0 Å². The van der Waals surface area contributed by atoms with Crippen molar-refractivity contribution in [3.05, 3.63) is 33.3 Å². The van der Waals surface area contributed by atoms with Gasteiger partial charge in [-0.25, -0.2) is 0 Å². The van der Waals surface area contributed by atoms with Crippen molar-refractivity contribution in [3.63, 3.8) is 0 Å². The Kier molecular flexibility index (Phi) is 2.99. The number of halogens is 2. The quantitative estimate of drug-likeness (QED) is 0.450. The van der Waals surface area contributed by atoms with Crippen molar-refractivity contribution in [2.24, 2.45) is 0 Å². The number of hydrazine groups is 1. The van der Waals surface area contributed by atoms with E-state index >= 15 is 0 Å². The fraction of sp³-hybridized carbons (Fsp3) is 0. The second-order valence-corrected chi connectivity index (χ2v) is 2.55. The van der Waals surface area contributed by atoms with Crippen molar-refractivity contribution >= 4 is 23.0 Å². The molecular weight excluding hydrogens is 201 g/mol. The lowest BCUT2D eigenvalue weighted by atomic mass is 10.3. The van der Waals surface area contributed by atoms with E-state index in [2.05, 4.69) is 5.43 Å². The third-order valence-corrected chi connectivity index (χ3v) is 1.65. The van der Waals surface area contributed by atoms with Crippen LogP contribution in [0, 0.1) is 10.1 Å². The largest absolute Gasteiger partial charge is 0.294 e. The summed E-state index contributed by atoms with van der Waals surface area (Å²) >= 11 is 5.51. The maximum atomic E-state index is 11.5. The van der Waals surface area contributed by atoms with E-state index in [0.717, 1.165) is 11.7 Å². The van der Waals surface area contributed by atoms with E-state index < -0.39 is 4.92 Å². The molecule has 0 aliphatic carbocycles. The highest BCUT2D eigenvalue weighted by molar-refractivity contribution is 6.32. The summed E-state index contributed by atoms with van der Waals surface area (Å²) in [6.45, 7) is 0. The Hall–Kier alpha value is -1.40. The Morgan fingerprint density at radius 2 is 2.23 bits per heavy atom. The first-order chi connectivity index (χ1) is 6.15. The minimum Gasteiger partial charge on any atom is -0.294 e. The lowest BCUT2D eigenvalue weighted by molar-refractivity contribution is -0.384. The van der Waals surface area contributed by atoms with Crippen LogP contribution in [0.15, 0.2) is 18.2 Å². The third kappa shape index (κ3) is 2.27. The van der Waals surface area contributed by atoms with Crippen LogP contribution in [0.25, 0.3) is 0 Å². The number of anilines is 1. The third-order valence-electron chi connectivity index (χ3n) is 1.33. The molecule has 0 heterocycles. The van der Waals surface area contributed by atoms with Gasteiger partial charge >= 0.3 is 0 Å². The van der Waals surface area contributed by atoms with Gasteiger partial charge in [0.15, 0.2) is 0 Å². The molecule has 0 saturated carbocycles. The molecule has 0 spiro atoms.